The van der Waals surface area contributed by atoms with E-state index in [-0.39, 0.29) is 27.4 Å². The first-order valence-corrected chi connectivity index (χ1v) is 10.2. The van der Waals surface area contributed by atoms with Crippen molar-refractivity contribution in [1.29, 1.82) is 0 Å². The van der Waals surface area contributed by atoms with Gasteiger partial charge in [-0.2, -0.15) is 0 Å². The summed E-state index contributed by atoms with van der Waals surface area (Å²) in [6.07, 6.45) is 0.142. The molecule has 0 spiro atoms. The summed E-state index contributed by atoms with van der Waals surface area (Å²) in [4.78, 5) is -0.711. The number of hydrogen-bond donors (Lipinski definition) is 2. The van der Waals surface area contributed by atoms with Crippen molar-refractivity contribution in [2.75, 3.05) is 17.2 Å². The number of nitrogens with two attached hydrogens (primary N) is 1. The molecule has 1 aliphatic rings. The van der Waals surface area contributed by atoms with E-state index in [0.717, 1.165) is 6.07 Å². The molecule has 1 heterocycles. The van der Waals surface area contributed by atoms with E-state index < -0.39 is 42.3 Å². The highest BCUT2D eigenvalue weighted by Crippen LogP contribution is 2.34. The van der Waals surface area contributed by atoms with Crippen LogP contribution < -0.4 is 10.5 Å². The van der Waals surface area contributed by atoms with Crippen molar-refractivity contribution in [3.63, 3.8) is 0 Å². The third kappa shape index (κ3) is 3.50. The van der Waals surface area contributed by atoms with Gasteiger partial charge in [0.1, 0.15) is 4.90 Å². The van der Waals surface area contributed by atoms with Crippen LogP contribution in [-0.4, -0.2) is 34.4 Å². The fourth-order valence-electron chi connectivity index (χ4n) is 1.97. The molecule has 0 aliphatic carbocycles. The zero-order valence-corrected chi connectivity index (χ0v) is 14.4. The van der Waals surface area contributed by atoms with Gasteiger partial charge in [0, 0.05) is 6.04 Å². The summed E-state index contributed by atoms with van der Waals surface area (Å²) >= 11 is 8.72. The molecule has 1 aromatic carbocycles. The van der Waals surface area contributed by atoms with Crippen LogP contribution in [0.15, 0.2) is 15.4 Å². The van der Waals surface area contributed by atoms with Gasteiger partial charge in [-0.1, -0.05) is 11.6 Å². The normalized spacial score (nSPS) is 21.6. The first-order chi connectivity index (χ1) is 9.53. The predicted octanol–water partition coefficient (Wildman–Crippen LogP) is 1.29. The quantitative estimate of drug-likeness (QED) is 0.565. The van der Waals surface area contributed by atoms with E-state index in [2.05, 4.69) is 20.7 Å². The van der Waals surface area contributed by atoms with Gasteiger partial charge in [0.15, 0.2) is 15.7 Å². The summed E-state index contributed by atoms with van der Waals surface area (Å²) in [5, 5.41) is -0.0617. The number of anilines is 1. The molecule has 21 heavy (non-hydrogen) atoms. The van der Waals surface area contributed by atoms with E-state index in [0.29, 0.717) is 0 Å². The summed E-state index contributed by atoms with van der Waals surface area (Å²) < 4.78 is 63.2. The monoisotopic (exact) mass is 420 g/mol. The lowest BCUT2D eigenvalue weighted by Gasteiger charge is -2.14. The zero-order valence-electron chi connectivity index (χ0n) is 10.4. The topological polar surface area (TPSA) is 106 Å². The van der Waals surface area contributed by atoms with Gasteiger partial charge in [0.2, 0.25) is 10.0 Å². The average Bonchev–Trinajstić information content (AvgIpc) is 2.69. The number of halogens is 3. The van der Waals surface area contributed by atoms with Crippen molar-refractivity contribution in [2.24, 2.45) is 0 Å². The van der Waals surface area contributed by atoms with Gasteiger partial charge in [0.25, 0.3) is 0 Å². The minimum absolute atomic E-state index is 0.0593. The van der Waals surface area contributed by atoms with Crippen LogP contribution in [0.25, 0.3) is 0 Å². The molecule has 1 atom stereocenters. The Morgan fingerprint density at radius 3 is 2.62 bits per heavy atom. The summed E-state index contributed by atoms with van der Waals surface area (Å²) in [6.45, 7) is 0. The first kappa shape index (κ1) is 16.9. The lowest BCUT2D eigenvalue weighted by Crippen LogP contribution is -2.36. The van der Waals surface area contributed by atoms with Gasteiger partial charge in [0.05, 0.1) is 26.7 Å². The maximum absolute atomic E-state index is 14.0. The van der Waals surface area contributed by atoms with E-state index in [4.69, 9.17) is 17.3 Å². The third-order valence-corrected chi connectivity index (χ3v) is 7.67. The van der Waals surface area contributed by atoms with Crippen molar-refractivity contribution < 1.29 is 21.2 Å². The maximum atomic E-state index is 14.0. The minimum Gasteiger partial charge on any atom is -0.395 e. The standard InChI is InChI=1S/C10H11BrClFN2O4S2/c11-8-6(12)3-7(9(13)10(8)14)21(18,19)15-5-1-2-20(16,17)4-5/h3,5,15H,1-2,4,14H2. The molecule has 0 amide bonds. The second kappa shape index (κ2) is 5.65. The van der Waals surface area contributed by atoms with E-state index in [9.17, 15) is 21.2 Å². The Hall–Kier alpha value is -0.420. The van der Waals surface area contributed by atoms with Crippen LogP contribution in [0.1, 0.15) is 6.42 Å². The Kier molecular flexibility index (Phi) is 4.56. The van der Waals surface area contributed by atoms with Crippen LogP contribution >= 0.6 is 27.5 Å². The Bertz CT molecular complexity index is 798. The predicted molar refractivity (Wildman–Crippen MR) is 80.9 cm³/mol. The number of hydrogen-bond acceptors (Lipinski definition) is 5. The number of sulfone groups is 1. The molecule has 118 valence electrons. The second-order valence-corrected chi connectivity index (χ2v) is 9.73. The molecule has 1 aliphatic heterocycles. The molecular formula is C10H11BrClFN2O4S2. The second-order valence-electron chi connectivity index (χ2n) is 4.62. The third-order valence-electron chi connectivity index (χ3n) is 3.00. The Morgan fingerprint density at radius 2 is 2.10 bits per heavy atom. The number of nitrogen functional groups attached to an aromatic ring is 1. The van der Waals surface area contributed by atoms with Gasteiger partial charge in [-0.15, -0.1) is 0 Å². The van der Waals surface area contributed by atoms with Crippen LogP contribution in [0, 0.1) is 5.82 Å². The summed E-state index contributed by atoms with van der Waals surface area (Å²) in [6, 6.07) is 0.131. The molecular weight excluding hydrogens is 411 g/mol. The molecule has 0 radical (unpaired) electrons. The number of rotatable bonds is 3. The van der Waals surface area contributed by atoms with Crippen molar-refractivity contribution in [2.45, 2.75) is 17.4 Å². The zero-order chi connectivity index (χ0) is 16.0. The summed E-state index contributed by atoms with van der Waals surface area (Å²) in [5.41, 5.74) is 5.01. The van der Waals surface area contributed by atoms with Crippen LogP contribution in [-0.2, 0) is 19.9 Å². The van der Waals surface area contributed by atoms with Gasteiger partial charge in [-0.25, -0.2) is 25.9 Å². The summed E-state index contributed by atoms with van der Waals surface area (Å²) in [5.74, 6) is -1.56. The molecule has 0 saturated carbocycles. The van der Waals surface area contributed by atoms with Crippen molar-refractivity contribution >= 4 is 53.1 Å². The fourth-order valence-corrected chi connectivity index (χ4v) is 5.69. The molecule has 1 saturated heterocycles. The molecule has 1 fully saturated rings. The van der Waals surface area contributed by atoms with Gasteiger partial charge < -0.3 is 5.73 Å². The molecule has 1 aromatic rings. The maximum Gasteiger partial charge on any atom is 0.243 e. The number of nitrogens with one attached hydrogen (secondary N) is 1. The highest BCUT2D eigenvalue weighted by atomic mass is 79.9. The number of sulfonamides is 1. The first-order valence-electron chi connectivity index (χ1n) is 5.69. The van der Waals surface area contributed by atoms with Gasteiger partial charge in [-0.3, -0.25) is 0 Å². The molecule has 1 unspecified atom stereocenters. The largest absolute Gasteiger partial charge is 0.395 e. The van der Waals surface area contributed by atoms with Crippen LogP contribution in [0.5, 0.6) is 0 Å². The molecule has 3 N–H and O–H groups in total. The van der Waals surface area contributed by atoms with E-state index in [1.165, 1.54) is 0 Å². The van der Waals surface area contributed by atoms with Crippen LogP contribution in [0.2, 0.25) is 5.02 Å². The Morgan fingerprint density at radius 1 is 1.48 bits per heavy atom. The fraction of sp³-hybridized carbons (Fsp3) is 0.400. The Balaban J connectivity index is 2.37. The van der Waals surface area contributed by atoms with E-state index in [1.807, 2.05) is 0 Å². The van der Waals surface area contributed by atoms with Crippen molar-refractivity contribution in [3.05, 3.63) is 21.4 Å². The van der Waals surface area contributed by atoms with Crippen molar-refractivity contribution in [1.82, 2.24) is 4.72 Å². The molecule has 0 aromatic heterocycles. The van der Waals surface area contributed by atoms with Gasteiger partial charge >= 0.3 is 0 Å². The molecule has 2 rings (SSSR count). The number of benzene rings is 1. The molecule has 11 heteroatoms. The lowest BCUT2D eigenvalue weighted by molar-refractivity contribution is 0.545. The molecule has 0 bridgehead atoms. The summed E-state index contributed by atoms with van der Waals surface area (Å²) in [7, 11) is -7.52. The smallest absolute Gasteiger partial charge is 0.243 e. The van der Waals surface area contributed by atoms with E-state index in [1.54, 1.807) is 0 Å². The average molecular weight is 422 g/mol. The van der Waals surface area contributed by atoms with E-state index >= 15 is 0 Å². The Labute approximate surface area is 134 Å². The molecule has 6 nitrogen and oxygen atoms in total. The minimum atomic E-state index is -4.26. The van der Waals surface area contributed by atoms with Crippen molar-refractivity contribution in [3.8, 4) is 0 Å². The highest BCUT2D eigenvalue weighted by molar-refractivity contribution is 9.10. The lowest BCUT2D eigenvalue weighted by atomic mass is 10.3. The SMILES string of the molecule is Nc1c(F)c(S(=O)(=O)NC2CCS(=O)(=O)C2)cc(Cl)c1Br. The van der Waals surface area contributed by atoms with Crippen LogP contribution in [0.4, 0.5) is 10.1 Å². The van der Waals surface area contributed by atoms with Gasteiger partial charge in [-0.05, 0) is 28.4 Å². The highest BCUT2D eigenvalue weighted by Gasteiger charge is 2.33. The van der Waals surface area contributed by atoms with Crippen LogP contribution in [0.3, 0.4) is 0 Å².